The van der Waals surface area contributed by atoms with Crippen LogP contribution in [0.5, 0.6) is 0 Å². The first-order valence-electron chi connectivity index (χ1n) is 10.6. The average Bonchev–Trinajstić information content (AvgIpc) is 3.12. The molecule has 0 aliphatic carbocycles. The lowest BCUT2D eigenvalue weighted by molar-refractivity contribution is 0.0297. The van der Waals surface area contributed by atoms with Gasteiger partial charge in [0.15, 0.2) is 15.5 Å². The maximum Gasteiger partial charge on any atom is 0.274 e. The molecule has 5 rings (SSSR count). The van der Waals surface area contributed by atoms with Crippen LogP contribution in [-0.4, -0.2) is 74.2 Å². The second kappa shape index (κ2) is 7.79. The van der Waals surface area contributed by atoms with Gasteiger partial charge in [0.05, 0.1) is 35.6 Å². The molecule has 0 saturated carbocycles. The highest BCUT2D eigenvalue weighted by Crippen LogP contribution is 2.38. The molecule has 30 heavy (non-hydrogen) atoms. The highest BCUT2D eigenvalue weighted by Gasteiger charge is 2.35. The van der Waals surface area contributed by atoms with E-state index in [2.05, 4.69) is 5.32 Å². The summed E-state index contributed by atoms with van der Waals surface area (Å²) >= 11 is 0. The van der Waals surface area contributed by atoms with Crippen LogP contribution in [0.15, 0.2) is 29.2 Å². The molecular weight excluding hydrogens is 404 g/mol. The predicted octanol–water partition coefficient (Wildman–Crippen LogP) is 1.28. The Bertz CT molecular complexity index is 1070. The van der Waals surface area contributed by atoms with Crippen molar-refractivity contribution in [3.05, 3.63) is 35.5 Å². The van der Waals surface area contributed by atoms with Crippen molar-refractivity contribution in [3.63, 3.8) is 0 Å². The highest BCUT2D eigenvalue weighted by atomic mass is 32.2. The van der Waals surface area contributed by atoms with Gasteiger partial charge in [-0.15, -0.1) is 0 Å². The van der Waals surface area contributed by atoms with Crippen LogP contribution >= 0.6 is 0 Å². The third-order valence-corrected chi connectivity index (χ3v) is 7.99. The quantitative estimate of drug-likeness (QED) is 0.772. The van der Waals surface area contributed by atoms with Gasteiger partial charge in [0.1, 0.15) is 0 Å². The number of fused-ring (bicyclic) bond motifs is 3. The minimum absolute atomic E-state index is 0.0188. The van der Waals surface area contributed by atoms with Crippen LogP contribution in [0.1, 0.15) is 34.9 Å². The van der Waals surface area contributed by atoms with Gasteiger partial charge in [-0.05, 0) is 31.9 Å². The van der Waals surface area contributed by atoms with Crippen LogP contribution in [-0.2, 0) is 21.0 Å². The van der Waals surface area contributed by atoms with Crippen molar-refractivity contribution in [1.29, 1.82) is 0 Å². The number of nitrogens with one attached hydrogen (secondary N) is 1. The molecule has 1 amide bonds. The predicted molar refractivity (Wildman–Crippen MR) is 111 cm³/mol. The molecule has 1 atom stereocenters. The summed E-state index contributed by atoms with van der Waals surface area (Å²) in [6.45, 7) is 3.80. The van der Waals surface area contributed by atoms with Gasteiger partial charge in [-0.1, -0.05) is 18.2 Å². The zero-order valence-electron chi connectivity index (χ0n) is 16.8. The average molecular weight is 431 g/mol. The first-order chi connectivity index (χ1) is 14.6. The van der Waals surface area contributed by atoms with E-state index in [1.54, 1.807) is 17.0 Å². The minimum Gasteiger partial charge on any atom is -0.378 e. The fourth-order valence-corrected chi connectivity index (χ4v) is 6.14. The molecule has 8 nitrogen and oxygen atoms in total. The third-order valence-electron chi connectivity index (χ3n) is 6.22. The Balaban J connectivity index is 1.69. The normalized spacial score (nSPS) is 23.3. The van der Waals surface area contributed by atoms with Crippen molar-refractivity contribution in [2.24, 2.45) is 0 Å². The summed E-state index contributed by atoms with van der Waals surface area (Å²) in [6, 6.07) is 7.20. The summed E-state index contributed by atoms with van der Waals surface area (Å²) < 4.78 is 33.3. The second-order valence-corrected chi connectivity index (χ2v) is 10.2. The second-order valence-electron chi connectivity index (χ2n) is 8.09. The molecule has 1 N–H and O–H groups in total. The summed E-state index contributed by atoms with van der Waals surface area (Å²) in [5.74, 6) is -0.150. The summed E-state index contributed by atoms with van der Waals surface area (Å²) in [6.07, 6.45) is 2.26. The fourth-order valence-electron chi connectivity index (χ4n) is 4.67. The lowest BCUT2D eigenvalue weighted by Gasteiger charge is -2.26. The van der Waals surface area contributed by atoms with E-state index in [4.69, 9.17) is 9.84 Å². The summed E-state index contributed by atoms with van der Waals surface area (Å²) in [7, 11) is -3.43. The van der Waals surface area contributed by atoms with Crippen LogP contribution < -0.4 is 5.32 Å². The molecule has 1 aromatic carbocycles. The smallest absolute Gasteiger partial charge is 0.274 e. The van der Waals surface area contributed by atoms with Crippen molar-refractivity contribution >= 4 is 15.7 Å². The Kier molecular flexibility index (Phi) is 5.12. The van der Waals surface area contributed by atoms with Gasteiger partial charge in [-0.25, -0.2) is 8.42 Å². The molecule has 0 unspecified atom stereocenters. The lowest BCUT2D eigenvalue weighted by Crippen LogP contribution is -2.41. The van der Waals surface area contributed by atoms with Gasteiger partial charge < -0.3 is 15.0 Å². The molecule has 2 fully saturated rings. The number of ether oxygens (including phenoxy) is 1. The van der Waals surface area contributed by atoms with Gasteiger partial charge in [0.2, 0.25) is 0 Å². The standard InChI is InChI=1S/C21H26N4O4S/c26-21(24-9-11-29-12-10-24)19-17-7-13-30(27,28)18-6-2-1-5-16(18)20(17)25(23-19)15-4-3-8-22-14-15/h1-2,5-6,15,22H,3-4,7-14H2/t15-/m0/s1. The summed E-state index contributed by atoms with van der Waals surface area (Å²) in [5.41, 5.74) is 2.59. The van der Waals surface area contributed by atoms with Gasteiger partial charge in [0, 0.05) is 30.8 Å². The van der Waals surface area contributed by atoms with Crippen LogP contribution in [0.3, 0.4) is 0 Å². The maximum atomic E-state index is 13.4. The molecule has 3 aliphatic rings. The number of rotatable bonds is 2. The molecule has 9 heteroatoms. The molecule has 160 valence electrons. The first-order valence-corrected chi connectivity index (χ1v) is 12.2. The van der Waals surface area contributed by atoms with Crippen molar-refractivity contribution in [1.82, 2.24) is 20.0 Å². The van der Waals surface area contributed by atoms with E-state index in [0.717, 1.165) is 37.2 Å². The molecule has 2 saturated heterocycles. The molecule has 4 heterocycles. The van der Waals surface area contributed by atoms with Crippen LogP contribution in [0.25, 0.3) is 11.3 Å². The van der Waals surface area contributed by atoms with E-state index in [1.807, 2.05) is 16.8 Å². The fraction of sp³-hybridized carbons (Fsp3) is 0.524. The molecule has 0 spiro atoms. The Morgan fingerprint density at radius 3 is 2.77 bits per heavy atom. The van der Waals surface area contributed by atoms with Crippen molar-refractivity contribution in [2.45, 2.75) is 30.2 Å². The number of sulfone groups is 1. The topological polar surface area (TPSA) is 93.5 Å². The maximum absolute atomic E-state index is 13.4. The number of carbonyl (C=O) groups is 1. The monoisotopic (exact) mass is 430 g/mol. The van der Waals surface area contributed by atoms with Crippen molar-refractivity contribution in [3.8, 4) is 11.3 Å². The number of hydrogen-bond acceptors (Lipinski definition) is 6. The molecule has 0 radical (unpaired) electrons. The highest BCUT2D eigenvalue weighted by molar-refractivity contribution is 7.91. The SMILES string of the molecule is O=C(c1nn([C@H]2CCCNC2)c2c1CCS(=O)(=O)c1ccccc1-2)N1CCOCC1. The number of aromatic nitrogens is 2. The molecule has 2 aromatic rings. The molecule has 3 aliphatic heterocycles. The minimum atomic E-state index is -3.43. The summed E-state index contributed by atoms with van der Waals surface area (Å²) in [4.78, 5) is 15.5. The zero-order valence-corrected chi connectivity index (χ0v) is 17.7. The lowest BCUT2D eigenvalue weighted by atomic mass is 10.0. The van der Waals surface area contributed by atoms with Crippen LogP contribution in [0.4, 0.5) is 0 Å². The van der Waals surface area contributed by atoms with E-state index in [9.17, 15) is 13.2 Å². The number of amides is 1. The largest absolute Gasteiger partial charge is 0.378 e. The zero-order chi connectivity index (χ0) is 20.7. The van der Waals surface area contributed by atoms with Crippen molar-refractivity contribution < 1.29 is 17.9 Å². The van der Waals surface area contributed by atoms with Crippen LogP contribution in [0, 0.1) is 0 Å². The molecular formula is C21H26N4O4S. The summed E-state index contributed by atoms with van der Waals surface area (Å²) in [5, 5.41) is 8.24. The van der Waals surface area contributed by atoms with Gasteiger partial charge >= 0.3 is 0 Å². The Labute approximate surface area is 176 Å². The first kappa shape index (κ1) is 19.7. The van der Waals surface area contributed by atoms with Gasteiger partial charge in [0.25, 0.3) is 5.91 Å². The Morgan fingerprint density at radius 2 is 2.00 bits per heavy atom. The number of nitrogens with zero attached hydrogens (tertiary/aromatic N) is 3. The van der Waals surface area contributed by atoms with E-state index >= 15 is 0 Å². The van der Waals surface area contributed by atoms with E-state index < -0.39 is 9.84 Å². The van der Waals surface area contributed by atoms with Gasteiger partial charge in [-0.3, -0.25) is 9.48 Å². The number of carbonyl (C=O) groups excluding carboxylic acids is 1. The Morgan fingerprint density at radius 1 is 1.20 bits per heavy atom. The molecule has 1 aromatic heterocycles. The van der Waals surface area contributed by atoms with Crippen LogP contribution in [0.2, 0.25) is 0 Å². The van der Waals surface area contributed by atoms with E-state index in [-0.39, 0.29) is 24.1 Å². The number of hydrogen-bond donors (Lipinski definition) is 1. The Hall–Kier alpha value is -2.23. The van der Waals surface area contributed by atoms with Crippen molar-refractivity contribution in [2.75, 3.05) is 45.1 Å². The number of morpholine rings is 1. The van der Waals surface area contributed by atoms with E-state index in [0.29, 0.717) is 42.5 Å². The molecule has 0 bridgehead atoms. The number of benzene rings is 1. The van der Waals surface area contributed by atoms with Gasteiger partial charge in [-0.2, -0.15) is 5.10 Å². The number of piperidine rings is 1. The third kappa shape index (κ3) is 3.34. The van der Waals surface area contributed by atoms with E-state index in [1.165, 1.54) is 0 Å².